The number of nitrogens with one attached hydrogen (secondary N) is 1. The van der Waals surface area contributed by atoms with Crippen molar-refractivity contribution in [2.45, 2.75) is 38.7 Å². The molecule has 0 radical (unpaired) electrons. The molecule has 1 N–H and O–H groups in total. The lowest BCUT2D eigenvalue weighted by Crippen LogP contribution is -2.18. The topological polar surface area (TPSA) is 37.9 Å². The monoisotopic (exact) mass is 286 g/mol. The van der Waals surface area contributed by atoms with E-state index in [0.717, 1.165) is 23.7 Å². The molecular weight excluding hydrogens is 268 g/mol. The summed E-state index contributed by atoms with van der Waals surface area (Å²) in [4.78, 5) is 7.85. The van der Waals surface area contributed by atoms with Gasteiger partial charge >= 0.3 is 0 Å². The van der Waals surface area contributed by atoms with E-state index in [4.69, 9.17) is 17.0 Å². The van der Waals surface area contributed by atoms with Crippen LogP contribution in [0, 0.1) is 4.64 Å². The average Bonchev–Trinajstić information content (AvgIpc) is 2.80. The zero-order valence-electron chi connectivity index (χ0n) is 11.9. The summed E-state index contributed by atoms with van der Waals surface area (Å²) in [6.45, 7) is 6.46. The Labute approximate surface area is 124 Å². The van der Waals surface area contributed by atoms with Crippen molar-refractivity contribution in [3.8, 4) is 5.75 Å². The molecule has 1 aromatic carbocycles. The smallest absolute Gasteiger partial charge is 0.160 e. The number of fused-ring (bicyclic) bond motifs is 1. The molecule has 0 saturated heterocycles. The molecule has 0 amide bonds. The van der Waals surface area contributed by atoms with Gasteiger partial charge in [0.1, 0.15) is 16.2 Å². The molecule has 3 rings (SSSR count). The van der Waals surface area contributed by atoms with Crippen LogP contribution in [0.4, 0.5) is 0 Å². The Kier molecular flexibility index (Phi) is 3.13. The van der Waals surface area contributed by atoms with E-state index >= 15 is 0 Å². The van der Waals surface area contributed by atoms with E-state index in [2.05, 4.69) is 36.8 Å². The lowest BCUT2D eigenvalue weighted by Gasteiger charge is -2.20. The van der Waals surface area contributed by atoms with Gasteiger partial charge < -0.3 is 9.72 Å². The van der Waals surface area contributed by atoms with Gasteiger partial charge in [-0.1, -0.05) is 51.2 Å². The van der Waals surface area contributed by atoms with Gasteiger partial charge in [0.15, 0.2) is 6.10 Å². The lowest BCUT2D eigenvalue weighted by atomic mass is 9.92. The Balaban J connectivity index is 1.97. The molecule has 0 spiro atoms. The summed E-state index contributed by atoms with van der Waals surface area (Å²) in [6, 6.07) is 10.0. The zero-order chi connectivity index (χ0) is 14.3. The molecule has 1 unspecified atom stereocenters. The minimum atomic E-state index is -0.0728. The van der Waals surface area contributed by atoms with Crippen molar-refractivity contribution in [1.82, 2.24) is 9.97 Å². The number of rotatable bonds is 1. The predicted octanol–water partition coefficient (Wildman–Crippen LogP) is 4.11. The van der Waals surface area contributed by atoms with Gasteiger partial charge in [0.05, 0.1) is 0 Å². The van der Waals surface area contributed by atoms with Crippen LogP contribution in [0.1, 0.15) is 44.0 Å². The zero-order valence-corrected chi connectivity index (χ0v) is 12.8. The molecule has 1 aliphatic rings. The van der Waals surface area contributed by atoms with Gasteiger partial charge in [-0.05, 0) is 17.7 Å². The molecule has 104 valence electrons. The maximum absolute atomic E-state index is 5.98. The second-order valence-electron chi connectivity index (χ2n) is 6.19. The van der Waals surface area contributed by atoms with E-state index in [1.165, 1.54) is 5.56 Å². The number of H-pyrrole nitrogens is 1. The van der Waals surface area contributed by atoms with E-state index < -0.39 is 0 Å². The highest BCUT2D eigenvalue weighted by molar-refractivity contribution is 7.71. The Morgan fingerprint density at radius 2 is 2.05 bits per heavy atom. The van der Waals surface area contributed by atoms with Gasteiger partial charge in [0, 0.05) is 17.5 Å². The fraction of sp³-hybridized carbons (Fsp3) is 0.375. The van der Waals surface area contributed by atoms with E-state index in [-0.39, 0.29) is 11.5 Å². The van der Waals surface area contributed by atoms with Gasteiger partial charge in [0.2, 0.25) is 0 Å². The molecule has 0 bridgehead atoms. The van der Waals surface area contributed by atoms with E-state index in [0.29, 0.717) is 4.64 Å². The molecule has 0 fully saturated rings. The summed E-state index contributed by atoms with van der Waals surface area (Å²) >= 11 is 5.29. The molecule has 0 saturated carbocycles. The number of ether oxygens (including phenoxy) is 1. The van der Waals surface area contributed by atoms with Crippen molar-refractivity contribution < 1.29 is 4.74 Å². The highest BCUT2D eigenvalue weighted by Gasteiger charge is 2.27. The Morgan fingerprint density at radius 1 is 1.30 bits per heavy atom. The van der Waals surface area contributed by atoms with Crippen molar-refractivity contribution in [1.29, 1.82) is 0 Å². The SMILES string of the molecule is CC(C)(C)c1cc(=S)nc(C2Cc3ccccc3O2)[nH]1. The van der Waals surface area contributed by atoms with Crippen molar-refractivity contribution in [3.05, 3.63) is 52.1 Å². The summed E-state index contributed by atoms with van der Waals surface area (Å²) in [7, 11) is 0. The minimum Gasteiger partial charge on any atom is -0.482 e. The van der Waals surface area contributed by atoms with Gasteiger partial charge in [-0.25, -0.2) is 4.98 Å². The van der Waals surface area contributed by atoms with Gasteiger partial charge in [0.25, 0.3) is 0 Å². The van der Waals surface area contributed by atoms with Crippen LogP contribution >= 0.6 is 12.2 Å². The van der Waals surface area contributed by atoms with Crippen LogP contribution in [-0.2, 0) is 11.8 Å². The summed E-state index contributed by atoms with van der Waals surface area (Å²) in [5, 5.41) is 0. The largest absolute Gasteiger partial charge is 0.482 e. The van der Waals surface area contributed by atoms with Crippen LogP contribution in [0.5, 0.6) is 5.75 Å². The minimum absolute atomic E-state index is 0.0106. The number of aromatic nitrogens is 2. The van der Waals surface area contributed by atoms with Crippen LogP contribution in [0.3, 0.4) is 0 Å². The first-order valence-corrected chi connectivity index (χ1v) is 7.20. The van der Waals surface area contributed by atoms with Crippen LogP contribution in [-0.4, -0.2) is 9.97 Å². The number of para-hydroxylation sites is 1. The molecule has 1 aromatic heterocycles. The molecule has 4 heteroatoms. The summed E-state index contributed by atoms with van der Waals surface area (Å²) in [6.07, 6.45) is 0.763. The van der Waals surface area contributed by atoms with Crippen molar-refractivity contribution in [3.63, 3.8) is 0 Å². The van der Waals surface area contributed by atoms with Gasteiger partial charge in [-0.15, -0.1) is 0 Å². The molecule has 1 aliphatic heterocycles. The number of nitrogens with zero attached hydrogens (tertiary/aromatic N) is 1. The second kappa shape index (κ2) is 4.70. The number of aromatic amines is 1. The fourth-order valence-corrected chi connectivity index (χ4v) is 2.58. The third-order valence-electron chi connectivity index (χ3n) is 3.52. The van der Waals surface area contributed by atoms with Crippen LogP contribution < -0.4 is 4.74 Å². The first-order chi connectivity index (χ1) is 9.43. The standard InChI is InChI=1S/C16H18N2OS/c1-16(2,3)13-9-14(20)18-15(17-13)12-8-10-6-4-5-7-11(10)19-12/h4-7,9,12H,8H2,1-3H3,(H,17,18,20). The van der Waals surface area contributed by atoms with Crippen LogP contribution in [0.15, 0.2) is 30.3 Å². The molecule has 0 aliphatic carbocycles. The summed E-state index contributed by atoms with van der Waals surface area (Å²) in [5.74, 6) is 1.76. The molecule has 2 aromatic rings. The van der Waals surface area contributed by atoms with Crippen molar-refractivity contribution >= 4 is 12.2 Å². The maximum Gasteiger partial charge on any atom is 0.160 e. The third kappa shape index (κ3) is 2.48. The van der Waals surface area contributed by atoms with Crippen LogP contribution in [0.2, 0.25) is 0 Å². The summed E-state index contributed by atoms with van der Waals surface area (Å²) < 4.78 is 6.59. The van der Waals surface area contributed by atoms with E-state index in [1.807, 2.05) is 24.3 Å². The second-order valence-corrected chi connectivity index (χ2v) is 6.60. The highest BCUT2D eigenvalue weighted by Crippen LogP contribution is 2.35. The normalized spacial score (nSPS) is 17.6. The number of hydrogen-bond donors (Lipinski definition) is 1. The maximum atomic E-state index is 5.98. The van der Waals surface area contributed by atoms with E-state index in [1.54, 1.807) is 0 Å². The average molecular weight is 286 g/mol. The van der Waals surface area contributed by atoms with E-state index in [9.17, 15) is 0 Å². The third-order valence-corrected chi connectivity index (χ3v) is 3.73. The Hall–Kier alpha value is -1.68. The quantitative estimate of drug-likeness (QED) is 0.802. The lowest BCUT2D eigenvalue weighted by molar-refractivity contribution is 0.226. The Bertz CT molecular complexity index is 675. The fourth-order valence-electron chi connectivity index (χ4n) is 2.37. The van der Waals surface area contributed by atoms with Crippen LogP contribution in [0.25, 0.3) is 0 Å². The first-order valence-electron chi connectivity index (χ1n) is 6.80. The molecule has 3 nitrogen and oxygen atoms in total. The van der Waals surface area contributed by atoms with Crippen molar-refractivity contribution in [2.75, 3.05) is 0 Å². The van der Waals surface area contributed by atoms with Crippen molar-refractivity contribution in [2.24, 2.45) is 0 Å². The highest BCUT2D eigenvalue weighted by atomic mass is 32.1. The predicted molar refractivity (Wildman–Crippen MR) is 81.6 cm³/mol. The first kappa shape index (κ1) is 13.3. The van der Waals surface area contributed by atoms with Gasteiger partial charge in [-0.2, -0.15) is 0 Å². The molecule has 2 heterocycles. The van der Waals surface area contributed by atoms with Gasteiger partial charge in [-0.3, -0.25) is 0 Å². The molecule has 1 atom stereocenters. The molecular formula is C16H18N2OS. The summed E-state index contributed by atoms with van der Waals surface area (Å²) in [5.41, 5.74) is 2.32. The Morgan fingerprint density at radius 3 is 2.75 bits per heavy atom. The number of hydrogen-bond acceptors (Lipinski definition) is 3. The number of benzene rings is 1. The molecule has 20 heavy (non-hydrogen) atoms.